The van der Waals surface area contributed by atoms with Crippen molar-refractivity contribution < 1.29 is 4.92 Å². The van der Waals surface area contributed by atoms with Crippen LogP contribution in [0.25, 0.3) is 0 Å². The SMILES string of the molecule is O=[N+]([O-])c1ccc(/C(=N\N2CCN(C(c3ccccc3)c3ccccc3)CC2)c2ccccc2)cc1. The van der Waals surface area contributed by atoms with Crippen LogP contribution in [0.15, 0.2) is 120 Å². The molecule has 0 saturated carbocycles. The number of hydrazone groups is 1. The minimum Gasteiger partial charge on any atom is -0.294 e. The molecule has 0 radical (unpaired) electrons. The topological polar surface area (TPSA) is 62.0 Å². The van der Waals surface area contributed by atoms with Crippen LogP contribution in [0.2, 0.25) is 0 Å². The highest BCUT2D eigenvalue weighted by Crippen LogP contribution is 2.29. The van der Waals surface area contributed by atoms with Crippen LogP contribution in [0.4, 0.5) is 5.69 Å². The summed E-state index contributed by atoms with van der Waals surface area (Å²) in [5, 5.41) is 18.3. The van der Waals surface area contributed by atoms with Gasteiger partial charge in [-0.2, -0.15) is 5.10 Å². The Bertz CT molecular complexity index is 1260. The number of non-ortho nitro benzene ring substituents is 1. The first-order valence-corrected chi connectivity index (χ1v) is 12.2. The van der Waals surface area contributed by atoms with Gasteiger partial charge in [-0.25, -0.2) is 0 Å². The van der Waals surface area contributed by atoms with E-state index in [4.69, 9.17) is 5.10 Å². The molecule has 6 nitrogen and oxygen atoms in total. The van der Waals surface area contributed by atoms with Crippen molar-refractivity contribution in [3.05, 3.63) is 148 Å². The van der Waals surface area contributed by atoms with E-state index in [9.17, 15) is 10.1 Å². The summed E-state index contributed by atoms with van der Waals surface area (Å²) in [4.78, 5) is 13.3. The molecule has 1 fully saturated rings. The van der Waals surface area contributed by atoms with Crippen LogP contribution in [-0.2, 0) is 0 Å². The van der Waals surface area contributed by atoms with Crippen LogP contribution in [0.1, 0.15) is 28.3 Å². The smallest absolute Gasteiger partial charge is 0.269 e. The molecule has 0 atom stereocenters. The Morgan fingerprint density at radius 1 is 0.667 bits per heavy atom. The molecule has 1 aliphatic rings. The normalized spacial score (nSPS) is 14.7. The fourth-order valence-electron chi connectivity index (χ4n) is 4.71. The summed E-state index contributed by atoms with van der Waals surface area (Å²) in [6.07, 6.45) is 0. The van der Waals surface area contributed by atoms with Crippen LogP contribution in [0.3, 0.4) is 0 Å². The van der Waals surface area contributed by atoms with Crippen LogP contribution >= 0.6 is 0 Å². The number of rotatable bonds is 7. The molecule has 5 rings (SSSR count). The molecule has 0 N–H and O–H groups in total. The summed E-state index contributed by atoms with van der Waals surface area (Å²) in [5.41, 5.74) is 5.32. The van der Waals surface area contributed by atoms with Gasteiger partial charge < -0.3 is 0 Å². The summed E-state index contributed by atoms with van der Waals surface area (Å²) in [7, 11) is 0. The van der Waals surface area contributed by atoms with Gasteiger partial charge in [0.25, 0.3) is 5.69 Å². The monoisotopic (exact) mass is 476 g/mol. The molecule has 1 saturated heterocycles. The number of nitrogens with zero attached hydrogens (tertiary/aromatic N) is 4. The zero-order valence-electron chi connectivity index (χ0n) is 20.0. The molecule has 0 aromatic heterocycles. The zero-order valence-corrected chi connectivity index (χ0v) is 20.0. The highest BCUT2D eigenvalue weighted by Gasteiger charge is 2.26. The fourth-order valence-corrected chi connectivity index (χ4v) is 4.71. The number of hydrogen-bond acceptors (Lipinski definition) is 5. The molecule has 0 unspecified atom stereocenters. The van der Waals surface area contributed by atoms with Gasteiger partial charge in [0.1, 0.15) is 0 Å². The fraction of sp³-hybridized carbons (Fsp3) is 0.167. The largest absolute Gasteiger partial charge is 0.294 e. The van der Waals surface area contributed by atoms with Gasteiger partial charge in [0.15, 0.2) is 0 Å². The molecule has 0 amide bonds. The number of nitro groups is 1. The average Bonchev–Trinajstić information content (AvgIpc) is 2.94. The van der Waals surface area contributed by atoms with E-state index >= 15 is 0 Å². The Morgan fingerprint density at radius 2 is 1.14 bits per heavy atom. The van der Waals surface area contributed by atoms with E-state index in [1.54, 1.807) is 12.1 Å². The van der Waals surface area contributed by atoms with Gasteiger partial charge in [-0.1, -0.05) is 91.0 Å². The predicted molar refractivity (Wildman–Crippen MR) is 143 cm³/mol. The molecule has 6 heteroatoms. The minimum absolute atomic E-state index is 0.0765. The maximum Gasteiger partial charge on any atom is 0.269 e. The molecule has 4 aromatic rings. The van der Waals surface area contributed by atoms with Crippen molar-refractivity contribution in [2.75, 3.05) is 26.2 Å². The number of hydrogen-bond donors (Lipinski definition) is 0. The zero-order chi connectivity index (χ0) is 24.7. The number of nitro benzene ring substituents is 1. The number of benzene rings is 4. The summed E-state index contributed by atoms with van der Waals surface area (Å²) in [5.74, 6) is 0. The molecule has 4 aromatic carbocycles. The van der Waals surface area contributed by atoms with Crippen LogP contribution in [-0.4, -0.2) is 46.7 Å². The van der Waals surface area contributed by atoms with Gasteiger partial charge in [-0.3, -0.25) is 20.0 Å². The van der Waals surface area contributed by atoms with E-state index in [2.05, 4.69) is 70.6 Å². The Kier molecular flexibility index (Phi) is 7.15. The molecule has 0 bridgehead atoms. The predicted octanol–water partition coefficient (Wildman–Crippen LogP) is 5.75. The Labute approximate surface area is 211 Å². The molecule has 36 heavy (non-hydrogen) atoms. The molecule has 1 aliphatic heterocycles. The third-order valence-corrected chi connectivity index (χ3v) is 6.53. The standard InChI is InChI=1S/C30H28N4O2/c35-34(36)28-18-16-25(17-19-28)29(24-10-4-1-5-11-24)31-33-22-20-32(21-23-33)30(26-12-6-2-7-13-26)27-14-8-3-9-15-27/h1-19,30H,20-23H2/b31-29-. The van der Waals surface area contributed by atoms with E-state index in [0.29, 0.717) is 0 Å². The lowest BCUT2D eigenvalue weighted by Crippen LogP contribution is -2.46. The highest BCUT2D eigenvalue weighted by molar-refractivity contribution is 6.12. The van der Waals surface area contributed by atoms with Gasteiger partial charge in [-0.05, 0) is 23.3 Å². The van der Waals surface area contributed by atoms with Crippen molar-refractivity contribution in [2.45, 2.75) is 6.04 Å². The quantitative estimate of drug-likeness (QED) is 0.193. The van der Waals surface area contributed by atoms with Gasteiger partial charge in [0.05, 0.1) is 16.7 Å². The van der Waals surface area contributed by atoms with Crippen LogP contribution in [0.5, 0.6) is 0 Å². The van der Waals surface area contributed by atoms with E-state index in [1.807, 2.05) is 30.3 Å². The van der Waals surface area contributed by atoms with Crippen molar-refractivity contribution in [1.82, 2.24) is 9.91 Å². The minimum atomic E-state index is -0.377. The van der Waals surface area contributed by atoms with Crippen molar-refractivity contribution in [2.24, 2.45) is 5.10 Å². The Hall–Kier alpha value is -4.29. The summed E-state index contributed by atoms with van der Waals surface area (Å²) < 4.78 is 0. The van der Waals surface area contributed by atoms with Gasteiger partial charge in [-0.15, -0.1) is 0 Å². The van der Waals surface area contributed by atoms with Crippen LogP contribution < -0.4 is 0 Å². The van der Waals surface area contributed by atoms with Gasteiger partial charge in [0.2, 0.25) is 0 Å². The second-order valence-corrected chi connectivity index (χ2v) is 8.83. The van der Waals surface area contributed by atoms with Gasteiger partial charge in [0, 0.05) is 49.4 Å². The van der Waals surface area contributed by atoms with Crippen molar-refractivity contribution in [3.63, 3.8) is 0 Å². The van der Waals surface area contributed by atoms with Crippen molar-refractivity contribution in [1.29, 1.82) is 0 Å². The lowest BCUT2D eigenvalue weighted by Gasteiger charge is -2.39. The third kappa shape index (κ3) is 5.34. The maximum absolute atomic E-state index is 11.1. The highest BCUT2D eigenvalue weighted by atomic mass is 16.6. The lowest BCUT2D eigenvalue weighted by atomic mass is 9.96. The first kappa shape index (κ1) is 23.5. The molecule has 0 spiro atoms. The molecule has 0 aliphatic carbocycles. The second kappa shape index (κ2) is 11.0. The lowest BCUT2D eigenvalue weighted by molar-refractivity contribution is -0.384. The summed E-state index contributed by atoms with van der Waals surface area (Å²) in [6.45, 7) is 3.33. The molecule has 1 heterocycles. The Morgan fingerprint density at radius 3 is 1.64 bits per heavy atom. The molecular formula is C30H28N4O2. The molecule has 180 valence electrons. The van der Waals surface area contributed by atoms with E-state index in [1.165, 1.54) is 23.3 Å². The Balaban J connectivity index is 1.39. The third-order valence-electron chi connectivity index (χ3n) is 6.53. The van der Waals surface area contributed by atoms with Gasteiger partial charge >= 0.3 is 0 Å². The van der Waals surface area contributed by atoms with Crippen LogP contribution in [0, 0.1) is 10.1 Å². The van der Waals surface area contributed by atoms with E-state index in [-0.39, 0.29) is 16.7 Å². The first-order chi connectivity index (χ1) is 17.7. The maximum atomic E-state index is 11.1. The first-order valence-electron chi connectivity index (χ1n) is 12.2. The summed E-state index contributed by atoms with van der Waals surface area (Å²) >= 11 is 0. The van der Waals surface area contributed by atoms with E-state index < -0.39 is 0 Å². The number of piperazine rings is 1. The van der Waals surface area contributed by atoms with E-state index in [0.717, 1.165) is 43.0 Å². The second-order valence-electron chi connectivity index (χ2n) is 8.83. The van der Waals surface area contributed by atoms with Crippen molar-refractivity contribution >= 4 is 11.4 Å². The molecular weight excluding hydrogens is 448 g/mol. The average molecular weight is 477 g/mol. The summed E-state index contributed by atoms with van der Waals surface area (Å²) in [6, 6.07) is 38.1. The van der Waals surface area contributed by atoms with Crippen molar-refractivity contribution in [3.8, 4) is 0 Å².